The van der Waals surface area contributed by atoms with Crippen molar-refractivity contribution < 1.29 is 106 Å². The molecule has 0 bridgehead atoms. The van der Waals surface area contributed by atoms with Crippen molar-refractivity contribution >= 4 is 70.4 Å². The summed E-state index contributed by atoms with van der Waals surface area (Å²) >= 11 is 0. The van der Waals surface area contributed by atoms with Crippen LogP contribution in [0.4, 0.5) is 0 Å². The Hall–Kier alpha value is 0.455. The van der Waals surface area contributed by atoms with E-state index in [1.165, 1.54) is 0 Å². The summed E-state index contributed by atoms with van der Waals surface area (Å²) in [5.74, 6) is 0. The molecule has 0 fully saturated rings. The summed E-state index contributed by atoms with van der Waals surface area (Å²) in [6.07, 6.45) is 5.87. The van der Waals surface area contributed by atoms with Gasteiger partial charge in [-0.25, -0.2) is 0 Å². The number of unbranched alkanes of at least 4 members (excludes halogenated alkanes) is 1. The van der Waals surface area contributed by atoms with Gasteiger partial charge in [-0.2, -0.15) is 0 Å². The maximum atomic E-state index is 5.77. The molecule has 0 radical (unpaired) electrons. The summed E-state index contributed by atoms with van der Waals surface area (Å²) in [6, 6.07) is 6.59. The summed E-state index contributed by atoms with van der Waals surface area (Å²) in [4.78, 5) is 8.53. The van der Waals surface area contributed by atoms with Crippen LogP contribution in [0.15, 0.2) is 0 Å². The van der Waals surface area contributed by atoms with Crippen molar-refractivity contribution in [1.82, 2.24) is 19.6 Å². The van der Waals surface area contributed by atoms with E-state index in [1.807, 2.05) is 111 Å². The number of hydrogen-bond donors (Lipinski definition) is 4. The Balaban J connectivity index is -0.000000173. The van der Waals surface area contributed by atoms with Gasteiger partial charge in [0.05, 0.1) is 0 Å². The van der Waals surface area contributed by atoms with E-state index in [1.54, 1.807) is 85.3 Å². The SMILES string of the molecule is CCO[Si](CCCCN)(OC)OCC.CCO[Si](CCCN(C)C)(OCC)OCC.CCO[Si](CCCN)(OCC)OCC.CCO[Si](CCN(C)C)(OC)OC.CCO[Si](CCN(C)C)(OCC)OCC.CO[Si](CCCN(C)C)(OC)OC.CO[Si](CCCN)(OC)OC.CO[Si](CCN)(OC)OC. The fourth-order valence-electron chi connectivity index (χ4n) is 9.46. The predicted molar refractivity (Wildman–Crippen MR) is 446 cm³/mol. The standard InChI is InChI=1S/C11H27NO3Si.C10H25NO3Si.2C9H23NO3Si.2C8H21NO3Si.C6H17NO3Si.C5H15NO3Si/c1-6-13-16(14-7-2,15-8-3)11-9-10-12(4)5;1-6-12-15(13-7-2,14-8-3)10-9-11(4)5;1-4-12-14(11-3,13-5-2)9-7-6-8-10;1-4-11-14(12-5-2,13-6-3)9-7-8-10;1-9(2)7-6-8-13(10-3,11-4)12-5;1-6-12-13(10-4,11-5)8-7-9(2)3;1-8-11(9-2,10-3)6-4-5-7;1-7-10(8-2,9-3)5-4-6/h6-11H2,1-5H3;6-10H2,1-5H3;2*4-10H2,1-3H3;2*6-8H2,1-5H3;4-7H2,1-3H3;4-6H2,1-3H3. The van der Waals surface area contributed by atoms with Gasteiger partial charge >= 0.3 is 70.4 Å². The van der Waals surface area contributed by atoms with Crippen LogP contribution < -0.4 is 22.9 Å². The van der Waals surface area contributed by atoms with Gasteiger partial charge in [-0.3, -0.25) is 0 Å². The van der Waals surface area contributed by atoms with Crippen molar-refractivity contribution in [3.05, 3.63) is 0 Å². The van der Waals surface area contributed by atoms with E-state index >= 15 is 0 Å². The first kappa shape index (κ1) is 122. The first-order valence-corrected chi connectivity index (χ1v) is 53.5. The zero-order valence-electron chi connectivity index (χ0n) is 73.9. The van der Waals surface area contributed by atoms with Gasteiger partial charge in [0.1, 0.15) is 0 Å². The van der Waals surface area contributed by atoms with Gasteiger partial charge in [0.25, 0.3) is 0 Å². The van der Waals surface area contributed by atoms with Crippen LogP contribution in [0.5, 0.6) is 0 Å². The highest BCUT2D eigenvalue weighted by Gasteiger charge is 2.44. The van der Waals surface area contributed by atoms with Crippen LogP contribution in [0.1, 0.15) is 122 Å². The largest absolute Gasteiger partial charge is 0.502 e. The number of nitrogens with zero attached hydrogens (tertiary/aromatic N) is 4. The molecule has 0 rings (SSSR count). The first-order chi connectivity index (χ1) is 50.4. The van der Waals surface area contributed by atoms with Crippen LogP contribution in [0.25, 0.3) is 0 Å². The summed E-state index contributed by atoms with van der Waals surface area (Å²) in [5.41, 5.74) is 21.6. The Labute approximate surface area is 659 Å². The normalized spacial score (nSPS) is 12.2. The Bertz CT molecular complexity index is 1660. The van der Waals surface area contributed by atoms with Crippen LogP contribution in [0, 0.1) is 0 Å². The second kappa shape index (κ2) is 82.0. The van der Waals surface area contributed by atoms with Gasteiger partial charge in [-0.15, -0.1) is 0 Å². The Morgan fingerprint density at radius 1 is 0.179 bits per heavy atom. The highest BCUT2D eigenvalue weighted by molar-refractivity contribution is 6.63. The minimum Gasteiger partial charge on any atom is -0.377 e. The number of rotatable bonds is 62. The van der Waals surface area contributed by atoms with Gasteiger partial charge in [0.2, 0.25) is 0 Å². The van der Waals surface area contributed by atoms with Crippen molar-refractivity contribution in [1.29, 1.82) is 0 Å². The predicted octanol–water partition coefficient (Wildman–Crippen LogP) is 8.02. The maximum absolute atomic E-state index is 5.77. The molecule has 0 aliphatic heterocycles. The molecule has 0 amide bonds. The van der Waals surface area contributed by atoms with E-state index < -0.39 is 70.4 Å². The van der Waals surface area contributed by atoms with Crippen molar-refractivity contribution in [2.45, 2.75) is 170 Å². The summed E-state index contributed by atoms with van der Waals surface area (Å²) in [5, 5.41) is 0. The Morgan fingerprint density at radius 2 is 0.358 bits per heavy atom. The molecule has 0 spiro atoms. The molecule has 0 saturated carbocycles. The highest BCUT2D eigenvalue weighted by Crippen LogP contribution is 2.22. The second-order valence-corrected chi connectivity index (χ2v) is 46.9. The smallest absolute Gasteiger partial charge is 0.377 e. The zero-order valence-corrected chi connectivity index (χ0v) is 81.9. The molecular formula is C66H172N8O24Si8. The molecule has 0 heterocycles. The van der Waals surface area contributed by atoms with Crippen molar-refractivity contribution in [2.75, 3.05) is 273 Å². The van der Waals surface area contributed by atoms with Crippen LogP contribution in [0.3, 0.4) is 0 Å². The Kier molecular flexibility index (Phi) is 94.5. The monoisotopic (exact) mass is 1690 g/mol. The number of hydrogen-bond acceptors (Lipinski definition) is 32. The van der Waals surface area contributed by atoms with Gasteiger partial charge in [0.15, 0.2) is 0 Å². The van der Waals surface area contributed by atoms with E-state index in [0.717, 1.165) is 107 Å². The minimum atomic E-state index is -2.40. The Morgan fingerprint density at radius 3 is 0.566 bits per heavy atom. The van der Waals surface area contributed by atoms with Gasteiger partial charge < -0.3 is 149 Å². The molecule has 652 valence electrons. The van der Waals surface area contributed by atoms with E-state index in [-0.39, 0.29) is 0 Å². The summed E-state index contributed by atoms with van der Waals surface area (Å²) < 4.78 is 131. The molecule has 40 heteroatoms. The quantitative estimate of drug-likeness (QED) is 0.0331. The fraction of sp³-hybridized carbons (Fsp3) is 1.00. The van der Waals surface area contributed by atoms with Crippen molar-refractivity contribution in [3.63, 3.8) is 0 Å². The fourth-order valence-corrected chi connectivity index (χ4v) is 26.8. The highest BCUT2D eigenvalue weighted by atomic mass is 28.4. The lowest BCUT2D eigenvalue weighted by Crippen LogP contribution is -2.47. The molecule has 32 nitrogen and oxygen atoms in total. The van der Waals surface area contributed by atoms with Gasteiger partial charge in [-0.05, 0) is 217 Å². The molecule has 0 atom stereocenters. The van der Waals surface area contributed by atoms with Crippen molar-refractivity contribution in [2.24, 2.45) is 22.9 Å². The molecule has 0 saturated heterocycles. The molecule has 0 aromatic carbocycles. The maximum Gasteiger partial charge on any atom is 0.502 e. The van der Waals surface area contributed by atoms with Crippen molar-refractivity contribution in [3.8, 4) is 0 Å². The molecule has 0 aromatic heterocycles. The third kappa shape index (κ3) is 65.7. The summed E-state index contributed by atoms with van der Waals surface area (Å²) in [7, 11) is 17.0. The molecule has 8 N–H and O–H groups in total. The van der Waals surface area contributed by atoms with E-state index in [0.29, 0.717) is 112 Å². The lowest BCUT2D eigenvalue weighted by atomic mass is 10.3. The van der Waals surface area contributed by atoms with Crippen LogP contribution in [0.2, 0.25) is 48.4 Å². The number of nitrogens with two attached hydrogens (primary N) is 4. The molecule has 0 aliphatic carbocycles. The lowest BCUT2D eigenvalue weighted by Gasteiger charge is -2.29. The molecule has 0 aromatic rings. The van der Waals surface area contributed by atoms with Gasteiger partial charge in [0, 0.05) is 226 Å². The molecular weight excluding hydrogens is 1510 g/mol. The second-order valence-electron chi connectivity index (χ2n) is 23.6. The topological polar surface area (TPSA) is 339 Å². The average molecular weight is 1690 g/mol. The third-order valence-corrected chi connectivity index (χ3v) is 38.4. The van der Waals surface area contributed by atoms with Crippen LogP contribution in [-0.2, 0) is 106 Å². The zero-order chi connectivity index (χ0) is 83.3. The van der Waals surface area contributed by atoms with E-state index in [9.17, 15) is 0 Å². The van der Waals surface area contributed by atoms with Gasteiger partial charge in [-0.1, -0.05) is 0 Å². The van der Waals surface area contributed by atoms with E-state index in [2.05, 4.69) is 47.8 Å². The minimum absolute atomic E-state index is 0.530. The third-order valence-electron chi connectivity index (χ3n) is 14.8. The van der Waals surface area contributed by atoms with Crippen LogP contribution in [-0.4, -0.2) is 363 Å². The first-order valence-electron chi connectivity index (χ1n) is 38.1. The average Bonchev–Trinajstić information content (AvgIpc) is 0.905. The summed E-state index contributed by atoms with van der Waals surface area (Å²) in [6.45, 7) is 37.9. The van der Waals surface area contributed by atoms with Crippen LogP contribution >= 0.6 is 0 Å². The lowest BCUT2D eigenvalue weighted by molar-refractivity contribution is 0.0689. The molecule has 0 aliphatic rings. The molecule has 0 unspecified atom stereocenters. The van der Waals surface area contributed by atoms with E-state index in [4.69, 9.17) is 129 Å². The molecule has 106 heavy (non-hydrogen) atoms.